The summed E-state index contributed by atoms with van der Waals surface area (Å²) >= 11 is 0. The average Bonchev–Trinajstić information content (AvgIpc) is 2.59. The lowest BCUT2D eigenvalue weighted by molar-refractivity contribution is 0.0654. The van der Waals surface area contributed by atoms with Crippen LogP contribution in [0.25, 0.3) is 11.1 Å². The molecule has 1 unspecified atom stereocenters. The molecule has 0 heterocycles. The highest BCUT2D eigenvalue weighted by Crippen LogP contribution is 2.30. The predicted molar refractivity (Wildman–Crippen MR) is 101 cm³/mol. The zero-order valence-corrected chi connectivity index (χ0v) is 15.2. The molecule has 0 saturated carbocycles. The van der Waals surface area contributed by atoms with E-state index in [4.69, 9.17) is 4.74 Å². The molecule has 2 aromatic rings. The lowest BCUT2D eigenvalue weighted by Crippen LogP contribution is -2.40. The van der Waals surface area contributed by atoms with Crippen LogP contribution in [-0.2, 0) is 0 Å². The number of carbonyl (C=O) groups excluding carboxylic acids is 1. The predicted octanol–water partition coefficient (Wildman–Crippen LogP) is 3.89. The first-order valence-electron chi connectivity index (χ1n) is 8.27. The monoisotopic (exact) mass is 342 g/mol. The molecule has 0 spiro atoms. The Hall–Kier alpha value is -2.53. The van der Waals surface area contributed by atoms with Crippen LogP contribution in [0.1, 0.15) is 20.8 Å². The molecule has 2 amide bonds. The van der Waals surface area contributed by atoms with E-state index in [1.807, 2.05) is 69.3 Å². The molecule has 134 valence electrons. The molecule has 2 aromatic carbocycles. The van der Waals surface area contributed by atoms with Crippen LogP contribution in [0.4, 0.5) is 10.5 Å². The van der Waals surface area contributed by atoms with E-state index in [1.54, 1.807) is 7.11 Å². The van der Waals surface area contributed by atoms with Gasteiger partial charge in [-0.1, -0.05) is 51.1 Å². The van der Waals surface area contributed by atoms with E-state index in [2.05, 4.69) is 10.6 Å². The molecule has 0 saturated heterocycles. The maximum atomic E-state index is 12.1. The molecule has 3 N–H and O–H groups in total. The molecular formula is C20H26N2O3. The lowest BCUT2D eigenvalue weighted by atomic mass is 9.89. The number of nitrogens with one attached hydrogen (secondary N) is 2. The van der Waals surface area contributed by atoms with Crippen LogP contribution < -0.4 is 15.4 Å². The van der Waals surface area contributed by atoms with Gasteiger partial charge in [0.15, 0.2) is 0 Å². The van der Waals surface area contributed by atoms with Crippen molar-refractivity contribution in [2.75, 3.05) is 19.0 Å². The molecule has 1 atom stereocenters. The van der Waals surface area contributed by atoms with Gasteiger partial charge in [-0.15, -0.1) is 0 Å². The van der Waals surface area contributed by atoms with Gasteiger partial charge >= 0.3 is 6.03 Å². The van der Waals surface area contributed by atoms with Crippen molar-refractivity contribution in [2.45, 2.75) is 26.9 Å². The Kier molecular flexibility index (Phi) is 6.04. The van der Waals surface area contributed by atoms with Crippen molar-refractivity contribution in [3.05, 3.63) is 48.5 Å². The summed E-state index contributed by atoms with van der Waals surface area (Å²) in [4.78, 5) is 12.1. The Bertz CT molecular complexity index is 723. The summed E-state index contributed by atoms with van der Waals surface area (Å²) in [5, 5.41) is 15.5. The van der Waals surface area contributed by atoms with Crippen LogP contribution >= 0.6 is 0 Å². The highest BCUT2D eigenvalue weighted by atomic mass is 16.5. The first-order chi connectivity index (χ1) is 11.8. The van der Waals surface area contributed by atoms with Crippen LogP contribution in [-0.4, -0.2) is 30.9 Å². The topological polar surface area (TPSA) is 70.6 Å². The Morgan fingerprint density at radius 2 is 1.88 bits per heavy atom. The summed E-state index contributed by atoms with van der Waals surface area (Å²) in [5.74, 6) is 0.775. The van der Waals surface area contributed by atoms with E-state index in [0.717, 1.165) is 16.9 Å². The average molecular weight is 342 g/mol. The van der Waals surface area contributed by atoms with E-state index in [0.29, 0.717) is 5.69 Å². The molecular weight excluding hydrogens is 316 g/mol. The SMILES string of the molecule is COc1ccccc1-c1cccc(NC(=O)NCC(O)C(C)(C)C)c1. The molecule has 0 aromatic heterocycles. The summed E-state index contributed by atoms with van der Waals surface area (Å²) in [6.45, 7) is 5.97. The number of hydrogen-bond donors (Lipinski definition) is 3. The third kappa shape index (κ3) is 5.22. The Morgan fingerprint density at radius 1 is 1.16 bits per heavy atom. The minimum absolute atomic E-state index is 0.196. The normalized spacial score (nSPS) is 12.4. The number of hydrogen-bond acceptors (Lipinski definition) is 3. The third-order valence-corrected chi connectivity index (χ3v) is 3.99. The summed E-state index contributed by atoms with van der Waals surface area (Å²) in [7, 11) is 1.63. The van der Waals surface area contributed by atoms with E-state index in [1.165, 1.54) is 0 Å². The second-order valence-corrected chi connectivity index (χ2v) is 7.00. The largest absolute Gasteiger partial charge is 0.496 e. The van der Waals surface area contributed by atoms with Crippen molar-refractivity contribution < 1.29 is 14.6 Å². The third-order valence-electron chi connectivity index (χ3n) is 3.99. The first-order valence-corrected chi connectivity index (χ1v) is 8.27. The smallest absolute Gasteiger partial charge is 0.319 e. The van der Waals surface area contributed by atoms with Crippen molar-refractivity contribution in [2.24, 2.45) is 5.41 Å². The molecule has 0 aliphatic heterocycles. The van der Waals surface area contributed by atoms with E-state index >= 15 is 0 Å². The molecule has 0 radical (unpaired) electrons. The molecule has 2 rings (SSSR count). The second-order valence-electron chi connectivity index (χ2n) is 7.00. The fourth-order valence-corrected chi connectivity index (χ4v) is 2.32. The number of amides is 2. The number of ether oxygens (including phenoxy) is 1. The summed E-state index contributed by atoms with van der Waals surface area (Å²) in [5.41, 5.74) is 2.30. The molecule has 0 bridgehead atoms. The fourth-order valence-electron chi connectivity index (χ4n) is 2.32. The Labute approximate surface area is 149 Å². The van der Waals surface area contributed by atoms with Crippen LogP contribution in [0.15, 0.2) is 48.5 Å². The lowest BCUT2D eigenvalue weighted by Gasteiger charge is -2.25. The van der Waals surface area contributed by atoms with Gasteiger partial charge < -0.3 is 20.5 Å². The van der Waals surface area contributed by atoms with Gasteiger partial charge in [0.2, 0.25) is 0 Å². The Morgan fingerprint density at radius 3 is 2.56 bits per heavy atom. The summed E-state index contributed by atoms with van der Waals surface area (Å²) in [6.07, 6.45) is -0.613. The molecule has 5 nitrogen and oxygen atoms in total. The van der Waals surface area contributed by atoms with Crippen molar-refractivity contribution >= 4 is 11.7 Å². The van der Waals surface area contributed by atoms with E-state index in [9.17, 15) is 9.90 Å². The van der Waals surface area contributed by atoms with Gasteiger partial charge in [-0.2, -0.15) is 0 Å². The minimum atomic E-state index is -0.613. The van der Waals surface area contributed by atoms with E-state index in [-0.39, 0.29) is 18.0 Å². The van der Waals surface area contributed by atoms with Gasteiger partial charge in [0.1, 0.15) is 5.75 Å². The summed E-state index contributed by atoms with van der Waals surface area (Å²) in [6, 6.07) is 14.9. The maximum Gasteiger partial charge on any atom is 0.319 e. The first kappa shape index (κ1) is 18.8. The minimum Gasteiger partial charge on any atom is -0.496 e. The number of para-hydroxylation sites is 1. The van der Waals surface area contributed by atoms with E-state index < -0.39 is 6.10 Å². The zero-order valence-electron chi connectivity index (χ0n) is 15.2. The molecule has 0 aliphatic rings. The fraction of sp³-hybridized carbons (Fsp3) is 0.350. The second kappa shape index (κ2) is 8.03. The van der Waals surface area contributed by atoms with Crippen LogP contribution in [0, 0.1) is 5.41 Å². The van der Waals surface area contributed by atoms with Crippen LogP contribution in [0.2, 0.25) is 0 Å². The van der Waals surface area contributed by atoms with Gasteiger partial charge in [-0.3, -0.25) is 0 Å². The van der Waals surface area contributed by atoms with Gasteiger partial charge in [-0.25, -0.2) is 4.79 Å². The number of rotatable bonds is 5. The number of aliphatic hydroxyl groups is 1. The molecule has 5 heteroatoms. The van der Waals surface area contributed by atoms with Crippen molar-refractivity contribution in [1.29, 1.82) is 0 Å². The number of aliphatic hydroxyl groups excluding tert-OH is 1. The quantitative estimate of drug-likeness (QED) is 0.772. The van der Waals surface area contributed by atoms with Crippen LogP contribution in [0.3, 0.4) is 0 Å². The van der Waals surface area contributed by atoms with Crippen molar-refractivity contribution in [3.8, 4) is 16.9 Å². The number of anilines is 1. The highest BCUT2D eigenvalue weighted by molar-refractivity contribution is 5.90. The number of methoxy groups -OCH3 is 1. The van der Waals surface area contributed by atoms with Crippen molar-refractivity contribution in [1.82, 2.24) is 5.32 Å². The number of benzene rings is 2. The van der Waals surface area contributed by atoms with Gasteiger partial charge in [0, 0.05) is 17.8 Å². The highest BCUT2D eigenvalue weighted by Gasteiger charge is 2.22. The zero-order chi connectivity index (χ0) is 18.4. The molecule has 0 fully saturated rings. The van der Waals surface area contributed by atoms with Crippen molar-refractivity contribution in [3.63, 3.8) is 0 Å². The summed E-state index contributed by atoms with van der Waals surface area (Å²) < 4.78 is 5.39. The van der Waals surface area contributed by atoms with Gasteiger partial charge in [0.25, 0.3) is 0 Å². The van der Waals surface area contributed by atoms with Gasteiger partial charge in [-0.05, 0) is 29.2 Å². The van der Waals surface area contributed by atoms with Gasteiger partial charge in [0.05, 0.1) is 13.2 Å². The molecule has 25 heavy (non-hydrogen) atoms. The Balaban J connectivity index is 2.05. The van der Waals surface area contributed by atoms with Crippen LogP contribution in [0.5, 0.6) is 5.75 Å². The standard InChI is InChI=1S/C20H26N2O3/c1-20(2,3)18(23)13-21-19(24)22-15-9-7-8-14(12-15)16-10-5-6-11-17(16)25-4/h5-12,18,23H,13H2,1-4H3,(H2,21,22,24). The number of carbonyl (C=O) groups is 1. The maximum absolute atomic E-state index is 12.1. The number of urea groups is 1. The molecule has 0 aliphatic carbocycles.